The maximum absolute atomic E-state index is 11.9. The number of rotatable bonds is 9. The molecule has 2 heterocycles. The van der Waals surface area contributed by atoms with Gasteiger partial charge in [-0.3, -0.25) is 4.79 Å². The van der Waals surface area contributed by atoms with Gasteiger partial charge in [-0.25, -0.2) is 0 Å². The van der Waals surface area contributed by atoms with E-state index in [1.807, 2.05) is 36.4 Å². The Morgan fingerprint density at radius 1 is 1.07 bits per heavy atom. The van der Waals surface area contributed by atoms with Gasteiger partial charge < -0.3 is 19.6 Å². The summed E-state index contributed by atoms with van der Waals surface area (Å²) in [5.74, 6) is -0.180. The second kappa shape index (κ2) is 9.63. The van der Waals surface area contributed by atoms with Gasteiger partial charge in [0.05, 0.1) is 0 Å². The number of aryl methyl sites for hydroxylation is 1. The highest BCUT2D eigenvalue weighted by molar-refractivity contribution is 5.83. The largest absolute Gasteiger partial charge is 0.481 e. The van der Waals surface area contributed by atoms with Gasteiger partial charge in [-0.1, -0.05) is 30.3 Å². The lowest BCUT2D eigenvalue weighted by Gasteiger charge is -2.26. The van der Waals surface area contributed by atoms with Crippen LogP contribution in [0.3, 0.4) is 0 Å². The Balaban J connectivity index is 1.31. The van der Waals surface area contributed by atoms with Crippen molar-refractivity contribution in [1.29, 1.82) is 0 Å². The molecular weight excluding hydrogens is 376 g/mol. The predicted octanol–water partition coefficient (Wildman–Crippen LogP) is 4.36. The quantitative estimate of drug-likeness (QED) is 0.668. The number of fused-ring (bicyclic) bond motifs is 2. The summed E-state index contributed by atoms with van der Waals surface area (Å²) in [5.41, 5.74) is 2.66. The lowest BCUT2D eigenvalue weighted by atomic mass is 9.87. The van der Waals surface area contributed by atoms with E-state index < -0.39 is 11.9 Å². The topological polar surface area (TPSA) is 53.0 Å². The van der Waals surface area contributed by atoms with E-state index in [4.69, 9.17) is 4.74 Å². The van der Waals surface area contributed by atoms with Crippen molar-refractivity contribution >= 4 is 5.97 Å². The summed E-state index contributed by atoms with van der Waals surface area (Å²) in [4.78, 5) is 16.9. The van der Waals surface area contributed by atoms with Gasteiger partial charge in [0, 0.05) is 11.1 Å². The maximum atomic E-state index is 11.9. The third-order valence-electron chi connectivity index (χ3n) is 6.30. The van der Waals surface area contributed by atoms with E-state index in [9.17, 15) is 9.90 Å². The van der Waals surface area contributed by atoms with Gasteiger partial charge in [-0.2, -0.15) is 0 Å². The Bertz CT molecular complexity index is 876. The van der Waals surface area contributed by atoms with Crippen LogP contribution in [0.2, 0.25) is 0 Å². The molecule has 1 saturated heterocycles. The van der Waals surface area contributed by atoms with Crippen molar-refractivity contribution in [2.75, 3.05) is 39.8 Å². The molecule has 30 heavy (non-hydrogen) atoms. The molecule has 5 nitrogen and oxygen atoms in total. The molecule has 4 rings (SSSR count). The average Bonchev–Trinajstić information content (AvgIpc) is 3.25. The third-order valence-corrected chi connectivity index (χ3v) is 6.30. The number of carboxylic acid groups (broad SMARTS) is 1. The highest BCUT2D eigenvalue weighted by atomic mass is 16.5. The Hall–Kier alpha value is -2.37. The zero-order valence-corrected chi connectivity index (χ0v) is 17.8. The molecule has 1 N–H and O–H groups in total. The number of nitrogens with zero attached hydrogens (tertiary/aromatic N) is 2. The van der Waals surface area contributed by atoms with E-state index in [0.29, 0.717) is 11.5 Å². The van der Waals surface area contributed by atoms with Gasteiger partial charge >= 0.3 is 5.97 Å². The molecule has 5 heteroatoms. The maximum Gasteiger partial charge on any atom is 0.315 e. The van der Waals surface area contributed by atoms with Crippen LogP contribution in [0.15, 0.2) is 42.5 Å². The molecule has 2 aromatic carbocycles. The number of aliphatic carboxylic acids is 1. The number of hydrogen-bond acceptors (Lipinski definition) is 4. The SMILES string of the molecule is CN(CCCc1ccc2c(c1)Oc1ccccc1C2C(=O)O)CCCN1CCCC1. The van der Waals surface area contributed by atoms with E-state index in [-0.39, 0.29) is 0 Å². The smallest absolute Gasteiger partial charge is 0.315 e. The molecule has 2 aromatic rings. The lowest BCUT2D eigenvalue weighted by molar-refractivity contribution is -0.137. The molecule has 160 valence electrons. The molecule has 2 aliphatic rings. The molecule has 0 amide bonds. The van der Waals surface area contributed by atoms with Crippen LogP contribution in [0, 0.1) is 0 Å². The molecule has 1 atom stereocenters. The van der Waals surface area contributed by atoms with Crippen LogP contribution < -0.4 is 4.74 Å². The van der Waals surface area contributed by atoms with Crippen LogP contribution in [0.4, 0.5) is 0 Å². The molecule has 0 aliphatic carbocycles. The second-order valence-electron chi connectivity index (χ2n) is 8.59. The summed E-state index contributed by atoms with van der Waals surface area (Å²) >= 11 is 0. The summed E-state index contributed by atoms with van der Waals surface area (Å²) in [5, 5.41) is 9.78. The normalized spacial score (nSPS) is 18.1. The van der Waals surface area contributed by atoms with Crippen molar-refractivity contribution < 1.29 is 14.6 Å². The number of para-hydroxylation sites is 1. The number of carboxylic acids is 1. The number of carbonyl (C=O) groups is 1. The summed E-state index contributed by atoms with van der Waals surface area (Å²) in [6, 6.07) is 13.4. The fourth-order valence-corrected chi connectivity index (χ4v) is 4.66. The zero-order chi connectivity index (χ0) is 20.9. The first-order valence-corrected chi connectivity index (χ1v) is 11.1. The van der Waals surface area contributed by atoms with E-state index in [2.05, 4.69) is 22.9 Å². The van der Waals surface area contributed by atoms with Crippen molar-refractivity contribution in [2.24, 2.45) is 0 Å². The van der Waals surface area contributed by atoms with Crippen LogP contribution >= 0.6 is 0 Å². The standard InChI is InChI=1S/C25H32N2O3/c1-26(14-7-17-27-15-4-5-16-27)13-6-8-19-11-12-21-23(18-19)30-22-10-3-2-9-20(22)24(21)25(28)29/h2-3,9-12,18,24H,4-8,13-17H2,1H3,(H,28,29). The molecule has 0 spiro atoms. The Morgan fingerprint density at radius 2 is 1.80 bits per heavy atom. The van der Waals surface area contributed by atoms with Crippen LogP contribution in [0.5, 0.6) is 11.5 Å². The molecule has 1 fully saturated rings. The van der Waals surface area contributed by atoms with Crippen molar-refractivity contribution in [1.82, 2.24) is 9.80 Å². The summed E-state index contributed by atoms with van der Waals surface area (Å²) in [6.07, 6.45) is 6.00. The summed E-state index contributed by atoms with van der Waals surface area (Å²) in [6.45, 7) is 5.98. The molecule has 0 saturated carbocycles. The third kappa shape index (κ3) is 4.85. The predicted molar refractivity (Wildman–Crippen MR) is 119 cm³/mol. The number of likely N-dealkylation sites (tertiary alicyclic amines) is 1. The Morgan fingerprint density at radius 3 is 2.60 bits per heavy atom. The van der Waals surface area contributed by atoms with Crippen molar-refractivity contribution in [3.05, 3.63) is 59.2 Å². The fraction of sp³-hybridized carbons (Fsp3) is 0.480. The zero-order valence-electron chi connectivity index (χ0n) is 17.8. The van der Waals surface area contributed by atoms with Gasteiger partial charge in [0.15, 0.2) is 0 Å². The van der Waals surface area contributed by atoms with Crippen molar-refractivity contribution in [3.63, 3.8) is 0 Å². The van der Waals surface area contributed by atoms with Gasteiger partial charge in [0.1, 0.15) is 17.4 Å². The first kappa shape index (κ1) is 20.9. The van der Waals surface area contributed by atoms with Crippen molar-refractivity contribution in [3.8, 4) is 11.5 Å². The minimum absolute atomic E-state index is 0.646. The van der Waals surface area contributed by atoms with E-state index in [0.717, 1.165) is 37.1 Å². The number of hydrogen-bond donors (Lipinski definition) is 1. The Kier molecular flexibility index (Phi) is 6.70. The van der Waals surface area contributed by atoms with Gasteiger partial charge in [0.2, 0.25) is 0 Å². The molecule has 2 aliphatic heterocycles. The highest BCUT2D eigenvalue weighted by Gasteiger charge is 2.32. The highest BCUT2D eigenvalue weighted by Crippen LogP contribution is 2.44. The van der Waals surface area contributed by atoms with Crippen molar-refractivity contribution in [2.45, 2.75) is 38.0 Å². The number of ether oxygens (including phenoxy) is 1. The van der Waals surface area contributed by atoms with Gasteiger partial charge in [-0.15, -0.1) is 0 Å². The van der Waals surface area contributed by atoms with Crippen LogP contribution in [0.25, 0.3) is 0 Å². The van der Waals surface area contributed by atoms with Gasteiger partial charge in [-0.05, 0) is 89.6 Å². The second-order valence-corrected chi connectivity index (χ2v) is 8.59. The van der Waals surface area contributed by atoms with E-state index in [1.165, 1.54) is 44.5 Å². The van der Waals surface area contributed by atoms with Crippen LogP contribution in [-0.4, -0.2) is 60.6 Å². The van der Waals surface area contributed by atoms with Crippen LogP contribution in [-0.2, 0) is 11.2 Å². The minimum atomic E-state index is -0.838. The number of benzene rings is 2. The van der Waals surface area contributed by atoms with E-state index in [1.54, 1.807) is 0 Å². The first-order chi connectivity index (χ1) is 14.6. The van der Waals surface area contributed by atoms with Crippen LogP contribution in [0.1, 0.15) is 48.3 Å². The monoisotopic (exact) mass is 408 g/mol. The fourth-order valence-electron chi connectivity index (χ4n) is 4.66. The summed E-state index contributed by atoms with van der Waals surface area (Å²) in [7, 11) is 2.20. The molecule has 1 unspecified atom stereocenters. The average molecular weight is 409 g/mol. The van der Waals surface area contributed by atoms with E-state index >= 15 is 0 Å². The molecular formula is C25H32N2O3. The Labute approximate surface area is 179 Å². The summed E-state index contributed by atoms with van der Waals surface area (Å²) < 4.78 is 6.05. The minimum Gasteiger partial charge on any atom is -0.481 e. The molecule has 0 bridgehead atoms. The molecule has 0 radical (unpaired) electrons. The first-order valence-electron chi connectivity index (χ1n) is 11.1. The molecule has 0 aromatic heterocycles. The lowest BCUT2D eigenvalue weighted by Crippen LogP contribution is -2.27. The van der Waals surface area contributed by atoms with Gasteiger partial charge in [0.25, 0.3) is 0 Å².